The lowest BCUT2D eigenvalue weighted by Gasteiger charge is -2.27. The second-order valence-corrected chi connectivity index (χ2v) is 7.34. The molecule has 1 heterocycles. The number of nitrogens with one attached hydrogen (secondary N) is 1. The van der Waals surface area contributed by atoms with E-state index in [2.05, 4.69) is 5.32 Å². The zero-order valence-electron chi connectivity index (χ0n) is 17.5. The van der Waals surface area contributed by atoms with Gasteiger partial charge in [0.2, 0.25) is 5.91 Å². The van der Waals surface area contributed by atoms with Crippen LogP contribution >= 0.6 is 0 Å². The molecule has 1 saturated heterocycles. The van der Waals surface area contributed by atoms with Gasteiger partial charge in [-0.3, -0.25) is 14.4 Å². The topological polar surface area (TPSA) is 84.9 Å². The maximum absolute atomic E-state index is 12.6. The third kappa shape index (κ3) is 7.53. The predicted molar refractivity (Wildman–Crippen MR) is 117 cm³/mol. The first-order valence-corrected chi connectivity index (χ1v) is 10.6. The number of anilines is 1. The number of hydrogen-bond acceptors (Lipinski definition) is 5. The molecule has 2 aromatic carbocycles. The van der Waals surface area contributed by atoms with Crippen LogP contribution in [0.3, 0.4) is 0 Å². The van der Waals surface area contributed by atoms with Crippen LogP contribution < -0.4 is 5.32 Å². The quantitative estimate of drug-likeness (QED) is 0.494. The van der Waals surface area contributed by atoms with E-state index >= 15 is 0 Å². The third-order valence-corrected chi connectivity index (χ3v) is 4.96. The van der Waals surface area contributed by atoms with Crippen molar-refractivity contribution in [2.24, 2.45) is 0 Å². The SMILES string of the molecule is O=C(CCC(=O)OCCCc1ccccc1)Nc1cccc(C(=O)N2CCOCC2)c1. The van der Waals surface area contributed by atoms with Gasteiger partial charge in [0.15, 0.2) is 0 Å². The van der Waals surface area contributed by atoms with Crippen LogP contribution in [0.4, 0.5) is 5.69 Å². The molecule has 0 radical (unpaired) electrons. The number of morpholine rings is 1. The maximum atomic E-state index is 12.6. The highest BCUT2D eigenvalue weighted by Crippen LogP contribution is 2.14. The van der Waals surface area contributed by atoms with Crippen LogP contribution in [0.5, 0.6) is 0 Å². The molecule has 0 atom stereocenters. The summed E-state index contributed by atoms with van der Waals surface area (Å²) in [6, 6.07) is 16.8. The van der Waals surface area contributed by atoms with Crippen molar-refractivity contribution >= 4 is 23.5 Å². The van der Waals surface area contributed by atoms with Gasteiger partial charge in [-0.15, -0.1) is 0 Å². The Morgan fingerprint density at radius 3 is 2.52 bits per heavy atom. The summed E-state index contributed by atoms with van der Waals surface area (Å²) in [5.41, 5.74) is 2.24. The number of benzene rings is 2. The van der Waals surface area contributed by atoms with Crippen LogP contribution in [-0.4, -0.2) is 55.6 Å². The van der Waals surface area contributed by atoms with E-state index < -0.39 is 0 Å². The number of ether oxygens (including phenoxy) is 2. The van der Waals surface area contributed by atoms with Crippen LogP contribution in [0.15, 0.2) is 54.6 Å². The van der Waals surface area contributed by atoms with Crippen LogP contribution in [0, 0.1) is 0 Å². The summed E-state index contributed by atoms with van der Waals surface area (Å²) in [6.45, 7) is 2.52. The van der Waals surface area contributed by atoms with Gasteiger partial charge in [-0.1, -0.05) is 36.4 Å². The molecule has 164 valence electrons. The summed E-state index contributed by atoms with van der Waals surface area (Å²) in [6.07, 6.45) is 1.63. The minimum Gasteiger partial charge on any atom is -0.466 e. The van der Waals surface area contributed by atoms with E-state index in [-0.39, 0.29) is 30.6 Å². The van der Waals surface area contributed by atoms with Gasteiger partial charge in [0.05, 0.1) is 26.2 Å². The van der Waals surface area contributed by atoms with Crippen LogP contribution in [0.1, 0.15) is 35.2 Å². The van der Waals surface area contributed by atoms with Crippen LogP contribution in [0.25, 0.3) is 0 Å². The Morgan fingerprint density at radius 1 is 0.968 bits per heavy atom. The standard InChI is InChI=1S/C24H28N2O5/c27-22(11-12-23(28)31-15-5-8-19-6-2-1-3-7-19)25-21-10-4-9-20(18-21)24(29)26-13-16-30-17-14-26/h1-4,6-7,9-10,18H,5,8,11-17H2,(H,25,27). The van der Waals surface area contributed by atoms with Gasteiger partial charge in [0.1, 0.15) is 0 Å². The predicted octanol–water partition coefficient (Wildman–Crippen LogP) is 3.05. The van der Waals surface area contributed by atoms with Crippen molar-refractivity contribution in [1.29, 1.82) is 0 Å². The number of carbonyl (C=O) groups is 3. The van der Waals surface area contributed by atoms with Gasteiger partial charge in [0.25, 0.3) is 5.91 Å². The van der Waals surface area contributed by atoms with Crippen molar-refractivity contribution in [1.82, 2.24) is 4.90 Å². The minimum atomic E-state index is -0.389. The molecule has 0 bridgehead atoms. The molecular formula is C24H28N2O5. The molecule has 7 nitrogen and oxygen atoms in total. The second-order valence-electron chi connectivity index (χ2n) is 7.34. The molecule has 0 saturated carbocycles. The molecule has 7 heteroatoms. The number of esters is 1. The van der Waals surface area contributed by atoms with Crippen LogP contribution in [0.2, 0.25) is 0 Å². The van der Waals surface area contributed by atoms with E-state index in [1.165, 1.54) is 5.56 Å². The van der Waals surface area contributed by atoms with E-state index in [4.69, 9.17) is 9.47 Å². The molecule has 1 aliphatic heterocycles. The van der Waals surface area contributed by atoms with Gasteiger partial charge >= 0.3 is 5.97 Å². The first kappa shape index (κ1) is 22.5. The normalized spacial score (nSPS) is 13.5. The summed E-state index contributed by atoms with van der Waals surface area (Å²) in [5, 5.41) is 2.74. The fourth-order valence-electron chi connectivity index (χ4n) is 3.30. The fraction of sp³-hybridized carbons (Fsp3) is 0.375. The highest BCUT2D eigenvalue weighted by molar-refractivity contribution is 5.97. The van der Waals surface area contributed by atoms with E-state index in [0.717, 1.165) is 12.8 Å². The molecule has 0 aromatic heterocycles. The van der Waals surface area contributed by atoms with Gasteiger partial charge in [-0.2, -0.15) is 0 Å². The summed E-state index contributed by atoms with van der Waals surface area (Å²) < 4.78 is 10.5. The van der Waals surface area contributed by atoms with Gasteiger partial charge in [0, 0.05) is 30.8 Å². The Bertz CT molecular complexity index is 879. The highest BCUT2D eigenvalue weighted by Gasteiger charge is 2.19. The molecule has 31 heavy (non-hydrogen) atoms. The van der Waals surface area contributed by atoms with E-state index in [0.29, 0.717) is 44.2 Å². The molecule has 0 aliphatic carbocycles. The van der Waals surface area contributed by atoms with Crippen molar-refractivity contribution in [3.8, 4) is 0 Å². The Balaban J connectivity index is 1.37. The summed E-state index contributed by atoms with van der Waals surface area (Å²) in [4.78, 5) is 38.4. The smallest absolute Gasteiger partial charge is 0.306 e. The number of amides is 2. The zero-order chi connectivity index (χ0) is 21.9. The van der Waals surface area contributed by atoms with Crippen molar-refractivity contribution in [3.05, 3.63) is 65.7 Å². The van der Waals surface area contributed by atoms with Crippen molar-refractivity contribution in [2.45, 2.75) is 25.7 Å². The minimum absolute atomic E-state index is 0.0174. The molecule has 1 N–H and O–H groups in total. The number of hydrogen-bond donors (Lipinski definition) is 1. The lowest BCUT2D eigenvalue weighted by molar-refractivity contribution is -0.144. The second kappa shape index (κ2) is 11.9. The maximum Gasteiger partial charge on any atom is 0.306 e. The molecular weight excluding hydrogens is 396 g/mol. The summed E-state index contributed by atoms with van der Waals surface area (Å²) in [5.74, 6) is -0.768. The molecule has 2 aromatic rings. The largest absolute Gasteiger partial charge is 0.466 e. The summed E-state index contributed by atoms with van der Waals surface area (Å²) >= 11 is 0. The molecule has 1 aliphatic rings. The monoisotopic (exact) mass is 424 g/mol. The molecule has 0 unspecified atom stereocenters. The molecule has 0 spiro atoms. The first-order chi connectivity index (χ1) is 15.1. The number of nitrogens with zero attached hydrogens (tertiary/aromatic N) is 1. The molecule has 3 rings (SSSR count). The average Bonchev–Trinajstić information content (AvgIpc) is 2.81. The average molecular weight is 424 g/mol. The Kier molecular flexibility index (Phi) is 8.60. The Labute approximate surface area is 182 Å². The van der Waals surface area contributed by atoms with Crippen LogP contribution in [-0.2, 0) is 25.5 Å². The highest BCUT2D eigenvalue weighted by atomic mass is 16.5. The van der Waals surface area contributed by atoms with Gasteiger partial charge in [-0.05, 0) is 36.6 Å². The number of aryl methyl sites for hydroxylation is 1. The lowest BCUT2D eigenvalue weighted by atomic mass is 10.1. The number of rotatable bonds is 9. The number of carbonyl (C=O) groups excluding carboxylic acids is 3. The van der Waals surface area contributed by atoms with E-state index in [9.17, 15) is 14.4 Å². The summed E-state index contributed by atoms with van der Waals surface area (Å²) in [7, 11) is 0. The van der Waals surface area contributed by atoms with E-state index in [1.54, 1.807) is 29.2 Å². The lowest BCUT2D eigenvalue weighted by Crippen LogP contribution is -2.40. The Morgan fingerprint density at radius 2 is 1.74 bits per heavy atom. The fourth-order valence-corrected chi connectivity index (χ4v) is 3.30. The van der Waals surface area contributed by atoms with E-state index in [1.807, 2.05) is 30.3 Å². The van der Waals surface area contributed by atoms with Crippen molar-refractivity contribution in [2.75, 3.05) is 38.2 Å². The van der Waals surface area contributed by atoms with Crippen molar-refractivity contribution in [3.63, 3.8) is 0 Å². The van der Waals surface area contributed by atoms with Gasteiger partial charge in [-0.25, -0.2) is 0 Å². The van der Waals surface area contributed by atoms with Crippen molar-refractivity contribution < 1.29 is 23.9 Å². The van der Waals surface area contributed by atoms with Gasteiger partial charge < -0.3 is 19.7 Å². The third-order valence-electron chi connectivity index (χ3n) is 4.96. The molecule has 2 amide bonds. The zero-order valence-corrected chi connectivity index (χ0v) is 17.5. The Hall–Kier alpha value is -3.19. The molecule has 1 fully saturated rings. The first-order valence-electron chi connectivity index (χ1n) is 10.6.